The van der Waals surface area contributed by atoms with Crippen LogP contribution in [-0.4, -0.2) is 41.5 Å². The van der Waals surface area contributed by atoms with Crippen LogP contribution < -0.4 is 4.72 Å². The first-order chi connectivity index (χ1) is 10.8. The fourth-order valence-electron chi connectivity index (χ4n) is 1.36. The minimum Gasteiger partial charge on any atom is -0.387 e. The first-order valence-electron chi connectivity index (χ1n) is 5.72. The van der Waals surface area contributed by atoms with Gasteiger partial charge in [-0.2, -0.15) is 8.42 Å². The molecule has 10 nitrogen and oxygen atoms in total. The Morgan fingerprint density at radius 1 is 1.00 bits per heavy atom. The maximum atomic E-state index is 11.6. The summed E-state index contributed by atoms with van der Waals surface area (Å²) in [5.74, 6) is -2.95. The molecule has 0 radical (unpaired) electrons. The van der Waals surface area contributed by atoms with Crippen LogP contribution in [0.1, 0.15) is 0 Å². The predicted molar refractivity (Wildman–Crippen MR) is 75.9 cm³/mol. The molecule has 2 aliphatic heterocycles. The van der Waals surface area contributed by atoms with Crippen LogP contribution in [0.15, 0.2) is 35.9 Å². The van der Waals surface area contributed by atoms with Gasteiger partial charge in [-0.25, -0.2) is 19.3 Å². The van der Waals surface area contributed by atoms with Crippen molar-refractivity contribution < 1.29 is 32.3 Å². The van der Waals surface area contributed by atoms with E-state index in [1.807, 2.05) is 4.72 Å². The molecule has 0 saturated heterocycles. The molecular weight excluding hydrogens is 350 g/mol. The Kier molecular flexibility index (Phi) is 4.66. The maximum absolute atomic E-state index is 11.6. The molecule has 3 rings (SSSR count). The highest BCUT2D eigenvalue weighted by Crippen LogP contribution is 2.16. The maximum Gasteiger partial charge on any atom is 0.338 e. The molecular formula is C11H7N3O7S2. The lowest BCUT2D eigenvalue weighted by atomic mass is 10.6. The fraction of sp³-hybridized carbons (Fsp3) is 0. The van der Waals surface area contributed by atoms with Crippen molar-refractivity contribution in [3.63, 3.8) is 0 Å². The summed E-state index contributed by atoms with van der Waals surface area (Å²) < 4.78 is 29.4. The van der Waals surface area contributed by atoms with Crippen molar-refractivity contribution in [1.29, 1.82) is 0 Å². The SMILES string of the molecule is O=C1C=CC(=O)N1S(=O)(=O)Nc1nccs1.O=C1C=CC(=O)O1. The van der Waals surface area contributed by atoms with Crippen molar-refractivity contribution in [3.05, 3.63) is 35.9 Å². The Labute approximate surface area is 133 Å². The quantitative estimate of drug-likeness (QED) is 0.427. The monoisotopic (exact) mass is 357 g/mol. The van der Waals surface area contributed by atoms with Crippen LogP contribution in [0, 0.1) is 0 Å². The summed E-state index contributed by atoms with van der Waals surface area (Å²) in [5, 5.41) is 1.65. The molecule has 1 aromatic rings. The minimum atomic E-state index is -4.21. The van der Waals surface area contributed by atoms with Crippen LogP contribution in [0.3, 0.4) is 0 Å². The molecule has 3 heterocycles. The summed E-state index contributed by atoms with van der Waals surface area (Å²) in [6.07, 6.45) is 5.35. The van der Waals surface area contributed by atoms with E-state index in [2.05, 4.69) is 9.72 Å². The van der Waals surface area contributed by atoms with Gasteiger partial charge < -0.3 is 4.74 Å². The molecule has 0 bridgehead atoms. The zero-order valence-corrected chi connectivity index (χ0v) is 12.7. The van der Waals surface area contributed by atoms with Gasteiger partial charge in [0.05, 0.1) is 0 Å². The van der Waals surface area contributed by atoms with Gasteiger partial charge in [-0.05, 0) is 0 Å². The first-order valence-corrected chi connectivity index (χ1v) is 8.04. The number of cyclic esters (lactones) is 2. The summed E-state index contributed by atoms with van der Waals surface area (Å²) in [4.78, 5) is 45.8. The number of hydrogen-bond donors (Lipinski definition) is 1. The number of thiazole rings is 1. The van der Waals surface area contributed by atoms with E-state index in [9.17, 15) is 27.6 Å². The van der Waals surface area contributed by atoms with Gasteiger partial charge in [0.2, 0.25) is 0 Å². The van der Waals surface area contributed by atoms with E-state index in [4.69, 9.17) is 0 Å². The third-order valence-electron chi connectivity index (χ3n) is 2.21. The molecule has 0 spiro atoms. The smallest absolute Gasteiger partial charge is 0.338 e. The number of nitrogens with one attached hydrogen (secondary N) is 1. The Hall–Kier alpha value is -2.86. The lowest BCUT2D eigenvalue weighted by Gasteiger charge is -2.13. The third-order valence-corrected chi connectivity index (χ3v) is 4.32. The van der Waals surface area contributed by atoms with E-state index in [0.717, 1.165) is 35.6 Å². The van der Waals surface area contributed by atoms with Gasteiger partial charge in [-0.1, -0.05) is 0 Å². The van der Waals surface area contributed by atoms with Gasteiger partial charge in [-0.15, -0.1) is 15.6 Å². The molecule has 12 heteroatoms. The topological polar surface area (TPSA) is 140 Å². The molecule has 2 aliphatic rings. The Morgan fingerprint density at radius 2 is 1.57 bits per heavy atom. The number of esters is 2. The highest BCUT2D eigenvalue weighted by Gasteiger charge is 2.35. The van der Waals surface area contributed by atoms with E-state index < -0.39 is 34.0 Å². The number of carbonyl (C=O) groups excluding carboxylic acids is 4. The van der Waals surface area contributed by atoms with Crippen molar-refractivity contribution in [2.75, 3.05) is 4.72 Å². The zero-order chi connectivity index (χ0) is 17.0. The van der Waals surface area contributed by atoms with E-state index >= 15 is 0 Å². The van der Waals surface area contributed by atoms with Gasteiger partial charge in [0.15, 0.2) is 5.13 Å². The molecule has 0 aromatic carbocycles. The Bertz CT molecular complexity index is 790. The van der Waals surface area contributed by atoms with Crippen LogP contribution in [0.5, 0.6) is 0 Å². The summed E-state index contributed by atoms with van der Waals surface area (Å²) in [6, 6.07) is 0. The second-order valence-corrected chi connectivity index (χ2v) is 6.21. The summed E-state index contributed by atoms with van der Waals surface area (Å²) in [7, 11) is -4.21. The average Bonchev–Trinajstić information content (AvgIpc) is 3.15. The van der Waals surface area contributed by atoms with Crippen LogP contribution in [0.25, 0.3) is 0 Å². The van der Waals surface area contributed by atoms with Crippen LogP contribution in [-0.2, 0) is 34.1 Å². The number of nitrogens with zero attached hydrogens (tertiary/aromatic N) is 2. The fourth-order valence-corrected chi connectivity index (χ4v) is 3.20. The second kappa shape index (κ2) is 6.50. The van der Waals surface area contributed by atoms with E-state index in [0.29, 0.717) is 0 Å². The Morgan fingerprint density at radius 3 is 1.96 bits per heavy atom. The third kappa shape index (κ3) is 4.08. The molecule has 0 saturated carbocycles. The van der Waals surface area contributed by atoms with E-state index in [1.165, 1.54) is 6.20 Å². The number of carbonyl (C=O) groups is 4. The van der Waals surface area contributed by atoms with Crippen molar-refractivity contribution in [3.8, 4) is 0 Å². The molecule has 1 N–H and O–H groups in total. The van der Waals surface area contributed by atoms with Gasteiger partial charge >= 0.3 is 22.1 Å². The molecule has 23 heavy (non-hydrogen) atoms. The standard InChI is InChI=1S/C7H5N3O4S2.C4H2O3/c11-5-1-2-6(12)10(5)16(13,14)9-7-8-3-4-15-7;5-3-1-2-4(6)7-3/h1-4H,(H,8,9);1-2H. The number of hydrogen-bond acceptors (Lipinski definition) is 9. The predicted octanol–water partition coefficient (Wildman–Crippen LogP) is -0.649. The first kappa shape index (κ1) is 16.5. The van der Waals surface area contributed by atoms with Crippen molar-refractivity contribution in [1.82, 2.24) is 9.29 Å². The number of imide groups is 1. The summed E-state index contributed by atoms with van der Waals surface area (Å²) in [6.45, 7) is 0. The molecule has 0 aliphatic carbocycles. The summed E-state index contributed by atoms with van der Waals surface area (Å²) in [5.41, 5.74) is 0. The van der Waals surface area contributed by atoms with E-state index in [1.54, 1.807) is 5.38 Å². The van der Waals surface area contributed by atoms with Gasteiger partial charge in [0.1, 0.15) is 0 Å². The minimum absolute atomic E-state index is 0.0903. The zero-order valence-electron chi connectivity index (χ0n) is 11.0. The lowest BCUT2D eigenvalue weighted by molar-refractivity contribution is -0.150. The van der Waals surface area contributed by atoms with Crippen LogP contribution >= 0.6 is 11.3 Å². The number of amides is 2. The molecule has 0 unspecified atom stereocenters. The molecule has 0 fully saturated rings. The number of aromatic nitrogens is 1. The molecule has 0 atom stereocenters. The Balaban J connectivity index is 0.000000229. The van der Waals surface area contributed by atoms with Gasteiger partial charge in [-0.3, -0.25) is 9.59 Å². The summed E-state index contributed by atoms with van der Waals surface area (Å²) >= 11 is 1.04. The number of anilines is 1. The average molecular weight is 357 g/mol. The van der Waals surface area contributed by atoms with Crippen LogP contribution in [0.2, 0.25) is 0 Å². The largest absolute Gasteiger partial charge is 0.387 e. The number of ether oxygens (including phenoxy) is 1. The normalized spacial score (nSPS) is 16.4. The van der Waals surface area contributed by atoms with Gasteiger partial charge in [0, 0.05) is 35.9 Å². The molecule has 2 amide bonds. The molecule has 120 valence electrons. The van der Waals surface area contributed by atoms with Crippen molar-refractivity contribution >= 4 is 50.4 Å². The lowest BCUT2D eigenvalue weighted by Crippen LogP contribution is -2.40. The highest BCUT2D eigenvalue weighted by atomic mass is 32.2. The van der Waals surface area contributed by atoms with Crippen molar-refractivity contribution in [2.24, 2.45) is 0 Å². The second-order valence-electron chi connectivity index (χ2n) is 3.79. The van der Waals surface area contributed by atoms with Crippen LogP contribution in [0.4, 0.5) is 5.13 Å². The highest BCUT2D eigenvalue weighted by molar-refractivity contribution is 7.91. The van der Waals surface area contributed by atoms with E-state index in [-0.39, 0.29) is 9.44 Å². The number of rotatable bonds is 3. The van der Waals surface area contributed by atoms with Gasteiger partial charge in [0.25, 0.3) is 11.8 Å². The molecule has 1 aromatic heterocycles. The van der Waals surface area contributed by atoms with Crippen molar-refractivity contribution in [2.45, 2.75) is 0 Å².